The largest absolute Gasteiger partial charge is 0.506 e. The number of amides is 2. The van der Waals surface area contributed by atoms with E-state index in [1.807, 2.05) is 28.7 Å². The number of hydrogen-bond donors (Lipinski definition) is 2. The number of pyridine rings is 1. The minimum atomic E-state index is -3.62. The number of carbonyl (C=O) groups is 2. The number of anilines is 1. The molecule has 4 rings (SSSR count). The van der Waals surface area contributed by atoms with Gasteiger partial charge in [0, 0.05) is 54.8 Å². The molecule has 0 bridgehead atoms. The molecule has 0 radical (unpaired) electrons. The Hall–Kier alpha value is -3.92. The summed E-state index contributed by atoms with van der Waals surface area (Å²) in [5, 5.41) is 9.69. The molecule has 182 valence electrons. The summed E-state index contributed by atoms with van der Waals surface area (Å²) in [5.74, 6) is -0.621. The fourth-order valence-electron chi connectivity index (χ4n) is 4.10. The predicted octanol–water partition coefficient (Wildman–Crippen LogP) is 2.41. The second-order valence-corrected chi connectivity index (χ2v) is 10.2. The maximum Gasteiger partial charge on any atom is 0.264 e. The zero-order valence-corrected chi connectivity index (χ0v) is 20.2. The lowest BCUT2D eigenvalue weighted by Crippen LogP contribution is -2.48. The molecular formula is C25H26N4O5S. The summed E-state index contributed by atoms with van der Waals surface area (Å²) >= 11 is 0. The van der Waals surface area contributed by atoms with Gasteiger partial charge in [-0.25, -0.2) is 13.1 Å². The molecule has 2 N–H and O–H groups in total. The molecule has 1 aliphatic rings. The lowest BCUT2D eigenvalue weighted by molar-refractivity contribution is 0.0746. The molecule has 0 atom stereocenters. The van der Waals surface area contributed by atoms with Crippen molar-refractivity contribution in [1.82, 2.24) is 14.6 Å². The summed E-state index contributed by atoms with van der Waals surface area (Å²) in [6.45, 7) is 4.28. The van der Waals surface area contributed by atoms with Gasteiger partial charge in [0.1, 0.15) is 5.75 Å². The van der Waals surface area contributed by atoms with Gasteiger partial charge in [-0.15, -0.1) is 0 Å². The van der Waals surface area contributed by atoms with Crippen molar-refractivity contribution in [3.8, 4) is 16.9 Å². The molecule has 10 heteroatoms. The molecule has 3 aromatic rings. The third kappa shape index (κ3) is 5.78. The highest BCUT2D eigenvalue weighted by Gasteiger charge is 2.23. The summed E-state index contributed by atoms with van der Waals surface area (Å²) in [7, 11) is -3.62. The van der Waals surface area contributed by atoms with Crippen LogP contribution in [0.15, 0.2) is 60.9 Å². The van der Waals surface area contributed by atoms with Gasteiger partial charge < -0.3 is 14.9 Å². The first-order chi connectivity index (χ1) is 16.6. The Labute approximate surface area is 204 Å². The van der Waals surface area contributed by atoms with Crippen LogP contribution in [0.1, 0.15) is 26.3 Å². The minimum Gasteiger partial charge on any atom is -0.506 e. The zero-order chi connectivity index (χ0) is 25.2. The van der Waals surface area contributed by atoms with Gasteiger partial charge in [-0.1, -0.05) is 6.07 Å². The molecule has 2 aromatic carbocycles. The molecule has 0 aliphatic carbocycles. The van der Waals surface area contributed by atoms with Crippen LogP contribution in [-0.4, -0.2) is 67.7 Å². The van der Waals surface area contributed by atoms with Gasteiger partial charge in [-0.2, -0.15) is 0 Å². The van der Waals surface area contributed by atoms with Crippen LogP contribution in [0.3, 0.4) is 0 Å². The lowest BCUT2D eigenvalue weighted by Gasteiger charge is -2.36. The van der Waals surface area contributed by atoms with Crippen LogP contribution in [0.2, 0.25) is 0 Å². The number of benzene rings is 2. The fourth-order valence-corrected chi connectivity index (χ4v) is 4.55. The standard InChI is InChI=1S/C25H26N4O5S/c1-17-13-19(5-8-23(17)20-14-22(30)16-26-15-20)25(32)29-11-9-28(10-12-29)21-6-3-18(4-7-21)24(31)27-35(2,33)34/h3-8,13-16,30H,9-12H2,1-2H3,(H,27,31). The van der Waals surface area contributed by atoms with Crippen LogP contribution in [-0.2, 0) is 10.0 Å². The Bertz CT molecular complexity index is 1360. The Morgan fingerprint density at radius 3 is 2.20 bits per heavy atom. The molecule has 0 spiro atoms. The predicted molar refractivity (Wildman–Crippen MR) is 133 cm³/mol. The molecule has 2 heterocycles. The number of piperazine rings is 1. The highest BCUT2D eigenvalue weighted by atomic mass is 32.2. The van der Waals surface area contributed by atoms with Crippen LogP contribution in [0.5, 0.6) is 5.75 Å². The van der Waals surface area contributed by atoms with Gasteiger partial charge in [-0.05, 0) is 60.5 Å². The quantitative estimate of drug-likeness (QED) is 0.559. The van der Waals surface area contributed by atoms with Crippen molar-refractivity contribution in [3.05, 3.63) is 77.6 Å². The Morgan fingerprint density at radius 2 is 1.60 bits per heavy atom. The van der Waals surface area contributed by atoms with E-state index in [0.29, 0.717) is 31.7 Å². The maximum absolute atomic E-state index is 13.1. The van der Waals surface area contributed by atoms with Crippen molar-refractivity contribution < 1.29 is 23.1 Å². The molecule has 0 unspecified atom stereocenters. The average molecular weight is 495 g/mol. The van der Waals surface area contributed by atoms with E-state index in [-0.39, 0.29) is 17.2 Å². The molecule has 1 aromatic heterocycles. The van der Waals surface area contributed by atoms with Crippen LogP contribution in [0, 0.1) is 6.92 Å². The monoisotopic (exact) mass is 494 g/mol. The van der Waals surface area contributed by atoms with E-state index in [2.05, 4.69) is 9.88 Å². The summed E-state index contributed by atoms with van der Waals surface area (Å²) in [6, 6.07) is 13.9. The van der Waals surface area contributed by atoms with Gasteiger partial charge in [-0.3, -0.25) is 14.6 Å². The molecule has 9 nitrogen and oxygen atoms in total. The number of nitrogens with zero attached hydrogens (tertiary/aromatic N) is 3. The molecule has 35 heavy (non-hydrogen) atoms. The second-order valence-electron chi connectivity index (χ2n) is 8.49. The normalized spacial score (nSPS) is 14.0. The average Bonchev–Trinajstić information content (AvgIpc) is 2.82. The molecule has 0 saturated carbocycles. The van der Waals surface area contributed by atoms with E-state index >= 15 is 0 Å². The lowest BCUT2D eigenvalue weighted by atomic mass is 9.99. The number of aromatic nitrogens is 1. The Kier molecular flexibility index (Phi) is 6.74. The van der Waals surface area contributed by atoms with E-state index in [1.165, 1.54) is 6.20 Å². The van der Waals surface area contributed by atoms with Gasteiger partial charge in [0.25, 0.3) is 11.8 Å². The van der Waals surface area contributed by atoms with E-state index < -0.39 is 15.9 Å². The first kappa shape index (κ1) is 24.2. The highest BCUT2D eigenvalue weighted by Crippen LogP contribution is 2.27. The number of aromatic hydroxyl groups is 1. The van der Waals surface area contributed by atoms with E-state index in [9.17, 15) is 23.1 Å². The van der Waals surface area contributed by atoms with Crippen LogP contribution in [0.4, 0.5) is 5.69 Å². The van der Waals surface area contributed by atoms with Crippen molar-refractivity contribution in [2.75, 3.05) is 37.3 Å². The van der Waals surface area contributed by atoms with Gasteiger partial charge in [0.05, 0.1) is 12.5 Å². The van der Waals surface area contributed by atoms with Crippen molar-refractivity contribution in [2.45, 2.75) is 6.92 Å². The first-order valence-corrected chi connectivity index (χ1v) is 12.9. The number of aryl methyl sites for hydroxylation is 1. The fraction of sp³-hybridized carbons (Fsp3) is 0.240. The number of rotatable bonds is 5. The third-order valence-electron chi connectivity index (χ3n) is 5.85. The first-order valence-electron chi connectivity index (χ1n) is 11.0. The highest BCUT2D eigenvalue weighted by molar-refractivity contribution is 7.89. The SMILES string of the molecule is Cc1cc(C(=O)N2CCN(c3ccc(C(=O)NS(C)(=O)=O)cc3)CC2)ccc1-c1cncc(O)c1. The molecule has 1 aliphatic heterocycles. The molecular weight excluding hydrogens is 468 g/mol. The summed E-state index contributed by atoms with van der Waals surface area (Å²) < 4.78 is 24.4. The van der Waals surface area contributed by atoms with Crippen LogP contribution < -0.4 is 9.62 Å². The summed E-state index contributed by atoms with van der Waals surface area (Å²) in [4.78, 5) is 33.0. The Balaban J connectivity index is 1.38. The van der Waals surface area contributed by atoms with Crippen LogP contribution in [0.25, 0.3) is 11.1 Å². The number of nitrogens with one attached hydrogen (secondary N) is 1. The summed E-state index contributed by atoms with van der Waals surface area (Å²) in [6.07, 6.45) is 3.98. The van der Waals surface area contributed by atoms with Crippen LogP contribution >= 0.6 is 0 Å². The number of sulfonamides is 1. The zero-order valence-electron chi connectivity index (χ0n) is 19.4. The van der Waals surface area contributed by atoms with Gasteiger partial charge in [0.2, 0.25) is 10.0 Å². The van der Waals surface area contributed by atoms with E-state index in [4.69, 9.17) is 0 Å². The minimum absolute atomic E-state index is 0.0406. The second kappa shape index (κ2) is 9.75. The smallest absolute Gasteiger partial charge is 0.264 e. The van der Waals surface area contributed by atoms with Crippen molar-refractivity contribution in [3.63, 3.8) is 0 Å². The summed E-state index contributed by atoms with van der Waals surface area (Å²) in [5.41, 5.74) is 4.37. The molecule has 2 amide bonds. The van der Waals surface area contributed by atoms with E-state index in [1.54, 1.807) is 42.6 Å². The van der Waals surface area contributed by atoms with Gasteiger partial charge >= 0.3 is 0 Å². The molecule has 1 fully saturated rings. The number of hydrogen-bond acceptors (Lipinski definition) is 7. The maximum atomic E-state index is 13.1. The number of carbonyl (C=O) groups excluding carboxylic acids is 2. The Morgan fingerprint density at radius 1 is 0.943 bits per heavy atom. The van der Waals surface area contributed by atoms with Crippen molar-refractivity contribution in [2.24, 2.45) is 0 Å². The molecule has 1 saturated heterocycles. The third-order valence-corrected chi connectivity index (χ3v) is 6.40. The van der Waals surface area contributed by atoms with Crippen molar-refractivity contribution in [1.29, 1.82) is 0 Å². The van der Waals surface area contributed by atoms with E-state index in [0.717, 1.165) is 28.6 Å². The van der Waals surface area contributed by atoms with Gasteiger partial charge in [0.15, 0.2) is 0 Å². The van der Waals surface area contributed by atoms with Crippen molar-refractivity contribution >= 4 is 27.5 Å². The topological polar surface area (TPSA) is 120 Å².